The maximum Gasteiger partial charge on any atom is 0.191 e. The van der Waals surface area contributed by atoms with E-state index in [4.69, 9.17) is 16.3 Å². The first-order chi connectivity index (χ1) is 12.3. The standard InChI is InChI=1S/C18H30ClN5O/c1-2-20-18(22-9-7-16-5-6-17(19)23-15-16)21-8-3-4-10-24-11-13-25-14-12-24/h5-6,15H,2-4,7-14H2,1H3,(H2,20,21,22). The third-order valence-electron chi connectivity index (χ3n) is 4.10. The Morgan fingerprint density at radius 2 is 2.12 bits per heavy atom. The van der Waals surface area contributed by atoms with Gasteiger partial charge in [-0.1, -0.05) is 17.7 Å². The van der Waals surface area contributed by atoms with E-state index >= 15 is 0 Å². The normalized spacial score (nSPS) is 16.0. The number of halogens is 1. The molecule has 0 aromatic carbocycles. The molecule has 7 heteroatoms. The number of nitrogens with zero attached hydrogens (tertiary/aromatic N) is 3. The van der Waals surface area contributed by atoms with Gasteiger partial charge in [-0.2, -0.15) is 0 Å². The van der Waals surface area contributed by atoms with Crippen LogP contribution in [0.1, 0.15) is 25.3 Å². The average Bonchev–Trinajstić information content (AvgIpc) is 2.64. The Bertz CT molecular complexity index is 503. The number of guanidine groups is 1. The monoisotopic (exact) mass is 367 g/mol. The molecule has 0 aliphatic carbocycles. The van der Waals surface area contributed by atoms with E-state index < -0.39 is 0 Å². The summed E-state index contributed by atoms with van der Waals surface area (Å²) >= 11 is 5.80. The predicted octanol–water partition coefficient (Wildman–Crippen LogP) is 1.95. The molecule has 140 valence electrons. The zero-order chi connectivity index (χ0) is 17.7. The molecule has 25 heavy (non-hydrogen) atoms. The molecule has 2 rings (SSSR count). The van der Waals surface area contributed by atoms with Crippen LogP contribution in [0.25, 0.3) is 0 Å². The molecule has 0 radical (unpaired) electrons. The van der Waals surface area contributed by atoms with E-state index in [1.165, 1.54) is 12.0 Å². The summed E-state index contributed by atoms with van der Waals surface area (Å²) in [6, 6.07) is 3.83. The molecule has 0 amide bonds. The largest absolute Gasteiger partial charge is 0.379 e. The molecule has 1 fully saturated rings. The van der Waals surface area contributed by atoms with Crippen LogP contribution < -0.4 is 10.6 Å². The molecule has 0 atom stereocenters. The fraction of sp³-hybridized carbons (Fsp3) is 0.667. The van der Waals surface area contributed by atoms with Gasteiger partial charge in [0.15, 0.2) is 5.96 Å². The molecule has 1 aromatic heterocycles. The van der Waals surface area contributed by atoms with Crippen LogP contribution in [0.3, 0.4) is 0 Å². The summed E-state index contributed by atoms with van der Waals surface area (Å²) < 4.78 is 5.37. The number of ether oxygens (including phenoxy) is 1. The number of pyridine rings is 1. The van der Waals surface area contributed by atoms with Gasteiger partial charge in [-0.15, -0.1) is 0 Å². The van der Waals surface area contributed by atoms with Gasteiger partial charge in [-0.05, 0) is 44.4 Å². The van der Waals surface area contributed by atoms with Gasteiger partial charge in [0.25, 0.3) is 0 Å². The minimum atomic E-state index is 0.531. The van der Waals surface area contributed by atoms with E-state index in [0.29, 0.717) is 5.15 Å². The van der Waals surface area contributed by atoms with E-state index in [1.54, 1.807) is 0 Å². The second-order valence-electron chi connectivity index (χ2n) is 6.09. The van der Waals surface area contributed by atoms with Gasteiger partial charge >= 0.3 is 0 Å². The van der Waals surface area contributed by atoms with Crippen LogP contribution in [0.15, 0.2) is 23.3 Å². The van der Waals surface area contributed by atoms with Gasteiger partial charge in [0.1, 0.15) is 5.15 Å². The highest BCUT2D eigenvalue weighted by atomic mass is 35.5. The van der Waals surface area contributed by atoms with Crippen LogP contribution in [-0.2, 0) is 11.2 Å². The fourth-order valence-electron chi connectivity index (χ4n) is 2.68. The summed E-state index contributed by atoms with van der Waals surface area (Å²) in [5, 5.41) is 7.20. The zero-order valence-electron chi connectivity index (χ0n) is 15.1. The lowest BCUT2D eigenvalue weighted by Crippen LogP contribution is -2.38. The highest BCUT2D eigenvalue weighted by molar-refractivity contribution is 6.29. The fourth-order valence-corrected chi connectivity index (χ4v) is 2.80. The number of rotatable bonds is 9. The molecule has 2 N–H and O–H groups in total. The van der Waals surface area contributed by atoms with Crippen LogP contribution in [0.5, 0.6) is 0 Å². The van der Waals surface area contributed by atoms with Crippen molar-refractivity contribution in [2.45, 2.75) is 26.2 Å². The van der Waals surface area contributed by atoms with E-state index in [-0.39, 0.29) is 0 Å². The topological polar surface area (TPSA) is 61.8 Å². The van der Waals surface area contributed by atoms with E-state index in [0.717, 1.165) is 71.3 Å². The van der Waals surface area contributed by atoms with Gasteiger partial charge in [0.05, 0.1) is 13.2 Å². The maximum atomic E-state index is 5.80. The molecule has 0 unspecified atom stereocenters. The van der Waals surface area contributed by atoms with Gasteiger partial charge in [0.2, 0.25) is 0 Å². The van der Waals surface area contributed by atoms with Crippen molar-refractivity contribution in [2.75, 3.05) is 52.5 Å². The highest BCUT2D eigenvalue weighted by Crippen LogP contribution is 2.05. The van der Waals surface area contributed by atoms with Crippen LogP contribution in [0, 0.1) is 0 Å². The van der Waals surface area contributed by atoms with Gasteiger partial charge in [-0.3, -0.25) is 9.89 Å². The van der Waals surface area contributed by atoms with Crippen LogP contribution in [0.2, 0.25) is 5.15 Å². The summed E-state index contributed by atoms with van der Waals surface area (Å²) in [5.41, 5.74) is 1.17. The molecule has 1 saturated heterocycles. The molecular weight excluding hydrogens is 338 g/mol. The molecule has 1 aliphatic heterocycles. The van der Waals surface area contributed by atoms with Crippen molar-refractivity contribution < 1.29 is 4.74 Å². The molecule has 2 heterocycles. The van der Waals surface area contributed by atoms with E-state index in [2.05, 4.69) is 32.4 Å². The molecule has 0 saturated carbocycles. The number of hydrogen-bond acceptors (Lipinski definition) is 4. The lowest BCUT2D eigenvalue weighted by Gasteiger charge is -2.26. The Labute approximate surface area is 156 Å². The molecule has 0 bridgehead atoms. The minimum absolute atomic E-state index is 0.531. The van der Waals surface area contributed by atoms with Crippen molar-refractivity contribution in [3.05, 3.63) is 29.0 Å². The Morgan fingerprint density at radius 1 is 1.28 bits per heavy atom. The maximum absolute atomic E-state index is 5.80. The SMILES string of the molecule is CCNC(=NCCCCN1CCOCC1)NCCc1ccc(Cl)nc1. The molecule has 1 aromatic rings. The van der Waals surface area contributed by atoms with Gasteiger partial charge in [0, 0.05) is 38.9 Å². The second-order valence-corrected chi connectivity index (χ2v) is 6.47. The quantitative estimate of drug-likeness (QED) is 0.302. The summed E-state index contributed by atoms with van der Waals surface area (Å²) in [4.78, 5) is 11.2. The van der Waals surface area contributed by atoms with Crippen LogP contribution in [0.4, 0.5) is 0 Å². The molecule has 6 nitrogen and oxygen atoms in total. The number of nitrogens with one attached hydrogen (secondary N) is 2. The Hall–Kier alpha value is -1.37. The van der Waals surface area contributed by atoms with Crippen molar-refractivity contribution >= 4 is 17.6 Å². The van der Waals surface area contributed by atoms with Gasteiger partial charge < -0.3 is 15.4 Å². The van der Waals surface area contributed by atoms with Crippen molar-refractivity contribution in [1.29, 1.82) is 0 Å². The molecule has 0 spiro atoms. The highest BCUT2D eigenvalue weighted by Gasteiger charge is 2.08. The van der Waals surface area contributed by atoms with Crippen LogP contribution >= 0.6 is 11.6 Å². The predicted molar refractivity (Wildman–Crippen MR) is 103 cm³/mol. The summed E-state index contributed by atoms with van der Waals surface area (Å²) in [6.07, 6.45) is 5.00. The Balaban J connectivity index is 1.62. The lowest BCUT2D eigenvalue weighted by atomic mass is 10.2. The lowest BCUT2D eigenvalue weighted by molar-refractivity contribution is 0.0373. The third-order valence-corrected chi connectivity index (χ3v) is 4.32. The smallest absolute Gasteiger partial charge is 0.191 e. The van der Waals surface area contributed by atoms with Gasteiger partial charge in [-0.25, -0.2) is 4.98 Å². The third kappa shape index (κ3) is 8.52. The first-order valence-corrected chi connectivity index (χ1v) is 9.58. The Morgan fingerprint density at radius 3 is 2.84 bits per heavy atom. The molecule has 1 aliphatic rings. The minimum Gasteiger partial charge on any atom is -0.379 e. The van der Waals surface area contributed by atoms with Crippen molar-refractivity contribution in [3.63, 3.8) is 0 Å². The summed E-state index contributed by atoms with van der Waals surface area (Å²) in [5.74, 6) is 0.885. The Kier molecular flexibility index (Phi) is 9.62. The number of unbranched alkanes of at least 4 members (excludes halogenated alkanes) is 1. The summed E-state index contributed by atoms with van der Waals surface area (Å²) in [7, 11) is 0. The zero-order valence-corrected chi connectivity index (χ0v) is 15.9. The number of aromatic nitrogens is 1. The first-order valence-electron chi connectivity index (χ1n) is 9.20. The van der Waals surface area contributed by atoms with E-state index in [1.807, 2.05) is 18.3 Å². The van der Waals surface area contributed by atoms with Crippen molar-refractivity contribution in [2.24, 2.45) is 4.99 Å². The number of morpholine rings is 1. The second kappa shape index (κ2) is 12.1. The van der Waals surface area contributed by atoms with Crippen molar-refractivity contribution in [1.82, 2.24) is 20.5 Å². The summed E-state index contributed by atoms with van der Waals surface area (Å²) in [6.45, 7) is 9.63. The number of hydrogen-bond donors (Lipinski definition) is 2. The average molecular weight is 368 g/mol. The van der Waals surface area contributed by atoms with Crippen molar-refractivity contribution in [3.8, 4) is 0 Å². The number of aliphatic imine (C=N–C) groups is 1. The van der Waals surface area contributed by atoms with Crippen LogP contribution in [-0.4, -0.2) is 68.3 Å². The first kappa shape index (κ1) is 19.9. The van der Waals surface area contributed by atoms with E-state index in [9.17, 15) is 0 Å². The molecular formula is C18H30ClN5O.